The number of thioether (sulfide) groups is 2. The Labute approximate surface area is 88.8 Å². The normalized spacial score (nSPS) is 19.8. The van der Waals surface area contributed by atoms with Crippen LogP contribution in [-0.4, -0.2) is 47.9 Å². The molecule has 0 spiro atoms. The zero-order valence-corrected chi connectivity index (χ0v) is 9.75. The molecule has 4 heteroatoms. The molecule has 13 heavy (non-hydrogen) atoms. The second kappa shape index (κ2) is 6.17. The van der Waals surface area contributed by atoms with Gasteiger partial charge in [0.05, 0.1) is 19.8 Å². The SMILES string of the molecule is CCSCCSCC1(CO)COC1. The summed E-state index contributed by atoms with van der Waals surface area (Å²) >= 11 is 3.92. The maximum Gasteiger partial charge on any atom is 0.0575 e. The van der Waals surface area contributed by atoms with Crippen LogP contribution in [0.1, 0.15) is 6.92 Å². The summed E-state index contributed by atoms with van der Waals surface area (Å²) in [5, 5.41) is 9.14. The van der Waals surface area contributed by atoms with Crippen LogP contribution in [0.4, 0.5) is 0 Å². The van der Waals surface area contributed by atoms with Crippen molar-refractivity contribution in [2.75, 3.05) is 42.8 Å². The van der Waals surface area contributed by atoms with Crippen molar-refractivity contribution in [3.05, 3.63) is 0 Å². The highest BCUT2D eigenvalue weighted by Gasteiger charge is 2.37. The summed E-state index contributed by atoms with van der Waals surface area (Å²) in [6.07, 6.45) is 0. The highest BCUT2D eigenvalue weighted by atomic mass is 32.2. The van der Waals surface area contributed by atoms with Gasteiger partial charge in [-0.15, -0.1) is 0 Å². The second-order valence-corrected chi connectivity index (χ2v) is 5.90. The molecule has 0 aromatic carbocycles. The highest BCUT2D eigenvalue weighted by Crippen LogP contribution is 2.30. The number of rotatable bonds is 7. The molecule has 0 bridgehead atoms. The van der Waals surface area contributed by atoms with Crippen LogP contribution >= 0.6 is 23.5 Å². The van der Waals surface area contributed by atoms with E-state index in [2.05, 4.69) is 6.92 Å². The van der Waals surface area contributed by atoms with E-state index in [1.807, 2.05) is 23.5 Å². The first-order valence-corrected chi connectivity index (χ1v) is 6.98. The van der Waals surface area contributed by atoms with Gasteiger partial charge in [-0.3, -0.25) is 0 Å². The maximum atomic E-state index is 9.14. The lowest BCUT2D eigenvalue weighted by Gasteiger charge is -2.39. The minimum absolute atomic E-state index is 0.0988. The quantitative estimate of drug-likeness (QED) is 0.661. The summed E-state index contributed by atoms with van der Waals surface area (Å²) in [7, 11) is 0. The molecular weight excluding hydrogens is 204 g/mol. The molecule has 0 aromatic rings. The number of aliphatic hydroxyl groups is 1. The molecule has 0 unspecified atom stereocenters. The third-order valence-electron chi connectivity index (χ3n) is 2.14. The molecule has 1 fully saturated rings. The molecule has 1 N–H and O–H groups in total. The minimum Gasteiger partial charge on any atom is -0.396 e. The van der Waals surface area contributed by atoms with Gasteiger partial charge in [-0.2, -0.15) is 23.5 Å². The van der Waals surface area contributed by atoms with Crippen LogP contribution in [0.3, 0.4) is 0 Å². The fraction of sp³-hybridized carbons (Fsp3) is 1.00. The van der Waals surface area contributed by atoms with Gasteiger partial charge in [0.15, 0.2) is 0 Å². The monoisotopic (exact) mass is 222 g/mol. The second-order valence-electron chi connectivity index (χ2n) is 3.40. The van der Waals surface area contributed by atoms with Gasteiger partial charge < -0.3 is 9.84 Å². The molecule has 1 heterocycles. The Bertz CT molecular complexity index is 132. The van der Waals surface area contributed by atoms with Gasteiger partial charge in [-0.1, -0.05) is 6.92 Å². The molecule has 1 saturated heterocycles. The van der Waals surface area contributed by atoms with Crippen molar-refractivity contribution < 1.29 is 9.84 Å². The van der Waals surface area contributed by atoms with E-state index in [1.54, 1.807) is 0 Å². The van der Waals surface area contributed by atoms with Crippen LogP contribution in [0, 0.1) is 5.41 Å². The lowest BCUT2D eigenvalue weighted by molar-refractivity contribution is -0.121. The third kappa shape index (κ3) is 3.70. The largest absolute Gasteiger partial charge is 0.396 e. The van der Waals surface area contributed by atoms with Gasteiger partial charge in [0.2, 0.25) is 0 Å². The van der Waals surface area contributed by atoms with Crippen LogP contribution in [-0.2, 0) is 4.74 Å². The third-order valence-corrected chi connectivity index (χ3v) is 4.61. The molecule has 0 aliphatic carbocycles. The van der Waals surface area contributed by atoms with Gasteiger partial charge in [-0.05, 0) is 5.75 Å². The number of hydrogen-bond donors (Lipinski definition) is 1. The van der Waals surface area contributed by atoms with E-state index in [0.717, 1.165) is 19.0 Å². The fourth-order valence-electron chi connectivity index (χ4n) is 1.16. The summed E-state index contributed by atoms with van der Waals surface area (Å²) in [6.45, 7) is 3.96. The first kappa shape index (κ1) is 11.7. The first-order valence-electron chi connectivity index (χ1n) is 4.67. The molecule has 1 aliphatic heterocycles. The van der Waals surface area contributed by atoms with E-state index in [4.69, 9.17) is 9.84 Å². The zero-order valence-electron chi connectivity index (χ0n) is 8.12. The van der Waals surface area contributed by atoms with Crippen molar-refractivity contribution in [2.45, 2.75) is 6.92 Å². The first-order chi connectivity index (χ1) is 6.33. The van der Waals surface area contributed by atoms with Gasteiger partial charge in [0.25, 0.3) is 0 Å². The van der Waals surface area contributed by atoms with Crippen LogP contribution in [0.5, 0.6) is 0 Å². The van der Waals surface area contributed by atoms with Crippen LogP contribution in [0.25, 0.3) is 0 Å². The van der Waals surface area contributed by atoms with E-state index in [-0.39, 0.29) is 12.0 Å². The van der Waals surface area contributed by atoms with Crippen LogP contribution in [0.15, 0.2) is 0 Å². The van der Waals surface area contributed by atoms with E-state index in [9.17, 15) is 0 Å². The molecule has 1 rings (SSSR count). The molecular formula is C9H18O2S2. The number of aliphatic hydroxyl groups excluding tert-OH is 1. The molecule has 0 saturated carbocycles. The summed E-state index contributed by atoms with van der Waals surface area (Å²) in [5.41, 5.74) is 0.0988. The fourth-order valence-corrected chi connectivity index (χ4v) is 3.23. The van der Waals surface area contributed by atoms with E-state index in [0.29, 0.717) is 0 Å². The van der Waals surface area contributed by atoms with Gasteiger partial charge in [0, 0.05) is 22.7 Å². The average Bonchev–Trinajstić information content (AvgIpc) is 2.09. The molecule has 0 aromatic heterocycles. The Morgan fingerprint density at radius 2 is 2.00 bits per heavy atom. The van der Waals surface area contributed by atoms with Crippen molar-refractivity contribution in [1.29, 1.82) is 0 Å². The van der Waals surface area contributed by atoms with E-state index >= 15 is 0 Å². The Morgan fingerprint density at radius 3 is 2.46 bits per heavy atom. The Morgan fingerprint density at radius 1 is 1.31 bits per heavy atom. The molecule has 2 nitrogen and oxygen atoms in total. The Balaban J connectivity index is 1.98. The van der Waals surface area contributed by atoms with Crippen molar-refractivity contribution in [1.82, 2.24) is 0 Å². The van der Waals surface area contributed by atoms with Gasteiger partial charge in [0.1, 0.15) is 0 Å². The zero-order chi connectivity index (χ0) is 9.57. The molecule has 0 amide bonds. The van der Waals surface area contributed by atoms with Crippen molar-refractivity contribution >= 4 is 23.5 Å². The summed E-state index contributed by atoms with van der Waals surface area (Å²) in [4.78, 5) is 0. The predicted octanol–water partition coefficient (Wildman–Crippen LogP) is 1.48. The maximum absolute atomic E-state index is 9.14. The number of ether oxygens (including phenoxy) is 1. The van der Waals surface area contributed by atoms with E-state index in [1.165, 1.54) is 17.3 Å². The lowest BCUT2D eigenvalue weighted by Crippen LogP contribution is -2.47. The molecule has 0 radical (unpaired) electrons. The summed E-state index contributed by atoms with van der Waals surface area (Å²) < 4.78 is 5.13. The number of hydrogen-bond acceptors (Lipinski definition) is 4. The van der Waals surface area contributed by atoms with Crippen molar-refractivity contribution in [2.24, 2.45) is 5.41 Å². The Kier molecular flexibility index (Phi) is 5.55. The predicted molar refractivity (Wildman–Crippen MR) is 60.7 cm³/mol. The Hall–Kier alpha value is 0.620. The average molecular weight is 222 g/mol. The smallest absolute Gasteiger partial charge is 0.0575 e. The lowest BCUT2D eigenvalue weighted by atomic mass is 9.90. The van der Waals surface area contributed by atoms with Gasteiger partial charge >= 0.3 is 0 Å². The van der Waals surface area contributed by atoms with Gasteiger partial charge in [-0.25, -0.2) is 0 Å². The standard InChI is InChI=1S/C9H18O2S2/c1-2-12-3-4-13-8-9(5-10)6-11-7-9/h10H,2-8H2,1H3. The summed E-state index contributed by atoms with van der Waals surface area (Å²) in [6, 6.07) is 0. The van der Waals surface area contributed by atoms with Crippen molar-refractivity contribution in [3.63, 3.8) is 0 Å². The topological polar surface area (TPSA) is 29.5 Å². The highest BCUT2D eigenvalue weighted by molar-refractivity contribution is 8.02. The molecule has 78 valence electrons. The van der Waals surface area contributed by atoms with E-state index < -0.39 is 0 Å². The minimum atomic E-state index is 0.0988. The molecule has 0 atom stereocenters. The van der Waals surface area contributed by atoms with Crippen molar-refractivity contribution in [3.8, 4) is 0 Å². The summed E-state index contributed by atoms with van der Waals surface area (Å²) in [5.74, 6) is 4.67. The van der Waals surface area contributed by atoms with Crippen LogP contribution in [0.2, 0.25) is 0 Å². The van der Waals surface area contributed by atoms with Crippen LogP contribution < -0.4 is 0 Å². The molecule has 1 aliphatic rings.